The van der Waals surface area contributed by atoms with Crippen molar-refractivity contribution in [3.05, 3.63) is 29.3 Å². The number of carbonyl (C=O) groups excluding carboxylic acids is 1. The number of hydrogen-bond donors (Lipinski definition) is 6. The molecule has 0 heterocycles. The molecule has 0 aliphatic heterocycles. The minimum Gasteiger partial charge on any atom is -0.454 e. The molecule has 0 aromatic heterocycles. The molecular formula is C19H31NO7S. The van der Waals surface area contributed by atoms with Crippen molar-refractivity contribution in [3.8, 4) is 0 Å². The van der Waals surface area contributed by atoms with Crippen molar-refractivity contribution in [3.63, 3.8) is 0 Å². The number of rotatable bonds is 11. The standard InChI is InChI=1S/C19H31NO7S/c1-10(2)20-8-14(12-5-6-15(28-4)11(3)7-12)27-19(26)18(25)17(24)16(23)13(22)9-21/h5-7,10,13-14,16-18,20-25H,8-9H2,1-4H3/t13-,14?,16-,17+,18-/m1/s1. The van der Waals surface area contributed by atoms with Crippen LogP contribution in [0.15, 0.2) is 23.1 Å². The molecule has 0 radical (unpaired) electrons. The highest BCUT2D eigenvalue weighted by atomic mass is 32.2. The normalized spacial score (nSPS) is 17.1. The van der Waals surface area contributed by atoms with E-state index in [0.29, 0.717) is 0 Å². The number of ether oxygens (including phenoxy) is 1. The number of thioether (sulfide) groups is 1. The zero-order valence-electron chi connectivity index (χ0n) is 16.6. The number of hydrogen-bond acceptors (Lipinski definition) is 9. The second kappa shape index (κ2) is 11.7. The molecule has 0 saturated carbocycles. The Balaban J connectivity index is 2.96. The minimum atomic E-state index is -2.08. The van der Waals surface area contributed by atoms with E-state index in [4.69, 9.17) is 9.84 Å². The Morgan fingerprint density at radius 2 is 1.82 bits per heavy atom. The number of nitrogens with one attached hydrogen (secondary N) is 1. The summed E-state index contributed by atoms with van der Waals surface area (Å²) in [6.07, 6.45) is -6.45. The molecule has 160 valence electrons. The van der Waals surface area contributed by atoms with E-state index in [1.807, 2.05) is 45.2 Å². The molecule has 0 aliphatic carbocycles. The maximum Gasteiger partial charge on any atom is 0.338 e. The Kier molecular flexibility index (Phi) is 10.4. The SMILES string of the molecule is CSc1ccc(C(CNC(C)C)OC(=O)[C@H](O)[C@@H](O)[C@H](O)[C@H](O)CO)cc1C. The Hall–Kier alpha value is -1.20. The van der Waals surface area contributed by atoms with Crippen LogP contribution >= 0.6 is 11.8 Å². The average molecular weight is 418 g/mol. The lowest BCUT2D eigenvalue weighted by Crippen LogP contribution is -2.49. The van der Waals surface area contributed by atoms with Crippen molar-refractivity contribution >= 4 is 17.7 Å². The van der Waals surface area contributed by atoms with E-state index in [2.05, 4.69) is 5.32 Å². The number of aliphatic hydroxyl groups excluding tert-OH is 5. The van der Waals surface area contributed by atoms with Gasteiger partial charge in [0.2, 0.25) is 0 Å². The lowest BCUT2D eigenvalue weighted by atomic mass is 10.0. The molecule has 0 aliphatic rings. The van der Waals surface area contributed by atoms with Gasteiger partial charge in [-0.25, -0.2) is 4.79 Å². The van der Waals surface area contributed by atoms with Crippen LogP contribution in [0.3, 0.4) is 0 Å². The summed E-state index contributed by atoms with van der Waals surface area (Å²) in [6.45, 7) is 5.27. The fraction of sp³-hybridized carbons (Fsp3) is 0.632. The van der Waals surface area contributed by atoms with Gasteiger partial charge in [-0.05, 0) is 30.4 Å². The van der Waals surface area contributed by atoms with E-state index < -0.39 is 43.1 Å². The molecule has 28 heavy (non-hydrogen) atoms. The summed E-state index contributed by atoms with van der Waals surface area (Å²) in [6, 6.07) is 5.76. The van der Waals surface area contributed by atoms with E-state index in [-0.39, 0.29) is 12.6 Å². The van der Waals surface area contributed by atoms with Crippen molar-refractivity contribution in [2.75, 3.05) is 19.4 Å². The molecule has 5 atom stereocenters. The smallest absolute Gasteiger partial charge is 0.338 e. The van der Waals surface area contributed by atoms with Gasteiger partial charge >= 0.3 is 5.97 Å². The third kappa shape index (κ3) is 7.00. The van der Waals surface area contributed by atoms with Crippen molar-refractivity contribution < 1.29 is 35.1 Å². The first-order chi connectivity index (χ1) is 13.1. The van der Waals surface area contributed by atoms with E-state index >= 15 is 0 Å². The number of aliphatic hydroxyl groups is 5. The fourth-order valence-electron chi connectivity index (χ4n) is 2.54. The highest BCUT2D eigenvalue weighted by molar-refractivity contribution is 7.98. The third-order valence-corrected chi connectivity index (χ3v) is 5.15. The largest absolute Gasteiger partial charge is 0.454 e. The first kappa shape index (κ1) is 24.8. The number of carbonyl (C=O) groups is 1. The average Bonchev–Trinajstić information content (AvgIpc) is 2.68. The Bertz CT molecular complexity index is 628. The van der Waals surface area contributed by atoms with Crippen LogP contribution < -0.4 is 5.32 Å². The van der Waals surface area contributed by atoms with Gasteiger partial charge in [-0.2, -0.15) is 0 Å². The summed E-state index contributed by atoms with van der Waals surface area (Å²) in [5, 5.41) is 51.0. The molecule has 0 bridgehead atoms. The third-order valence-electron chi connectivity index (χ3n) is 4.26. The van der Waals surface area contributed by atoms with Crippen LogP contribution in [-0.4, -0.2) is 81.4 Å². The molecule has 1 unspecified atom stereocenters. The monoisotopic (exact) mass is 417 g/mol. The van der Waals surface area contributed by atoms with Crippen LogP contribution in [0.25, 0.3) is 0 Å². The van der Waals surface area contributed by atoms with Crippen molar-refractivity contribution in [2.24, 2.45) is 0 Å². The zero-order valence-corrected chi connectivity index (χ0v) is 17.4. The molecule has 0 fully saturated rings. The van der Waals surface area contributed by atoms with Gasteiger partial charge in [0.1, 0.15) is 24.4 Å². The summed E-state index contributed by atoms with van der Waals surface area (Å²) in [5.41, 5.74) is 1.73. The first-order valence-corrected chi connectivity index (χ1v) is 10.3. The second-order valence-corrected chi connectivity index (χ2v) is 7.74. The first-order valence-electron chi connectivity index (χ1n) is 9.03. The Morgan fingerprint density at radius 1 is 1.18 bits per heavy atom. The predicted molar refractivity (Wildman–Crippen MR) is 106 cm³/mol. The number of esters is 1. The molecule has 8 nitrogen and oxygen atoms in total. The maximum atomic E-state index is 12.3. The Labute approximate surface area is 169 Å². The summed E-state index contributed by atoms with van der Waals surface area (Å²) < 4.78 is 5.39. The summed E-state index contributed by atoms with van der Waals surface area (Å²) in [7, 11) is 0. The molecule has 0 amide bonds. The minimum absolute atomic E-state index is 0.129. The molecule has 1 aromatic rings. The van der Waals surface area contributed by atoms with Gasteiger partial charge in [-0.15, -0.1) is 11.8 Å². The summed E-state index contributed by atoms with van der Waals surface area (Å²) >= 11 is 1.60. The van der Waals surface area contributed by atoms with Crippen LogP contribution in [-0.2, 0) is 9.53 Å². The quantitative estimate of drug-likeness (QED) is 0.212. The highest BCUT2D eigenvalue weighted by Gasteiger charge is 2.36. The van der Waals surface area contributed by atoms with Crippen LogP contribution in [0, 0.1) is 6.92 Å². The fourth-order valence-corrected chi connectivity index (χ4v) is 3.13. The van der Waals surface area contributed by atoms with E-state index in [1.54, 1.807) is 11.8 Å². The lowest BCUT2D eigenvalue weighted by molar-refractivity contribution is -0.175. The molecular weight excluding hydrogens is 386 g/mol. The van der Waals surface area contributed by atoms with Gasteiger partial charge in [-0.3, -0.25) is 0 Å². The van der Waals surface area contributed by atoms with Crippen LogP contribution in [0.4, 0.5) is 0 Å². The highest BCUT2D eigenvalue weighted by Crippen LogP contribution is 2.26. The number of benzene rings is 1. The van der Waals surface area contributed by atoms with Crippen LogP contribution in [0.5, 0.6) is 0 Å². The molecule has 0 saturated heterocycles. The lowest BCUT2D eigenvalue weighted by Gasteiger charge is -2.27. The summed E-state index contributed by atoms with van der Waals surface area (Å²) in [5.74, 6) is -1.14. The molecule has 1 rings (SSSR count). The van der Waals surface area contributed by atoms with Crippen molar-refractivity contribution in [2.45, 2.75) is 62.2 Å². The van der Waals surface area contributed by atoms with E-state index in [0.717, 1.165) is 16.0 Å². The van der Waals surface area contributed by atoms with Crippen molar-refractivity contribution in [1.29, 1.82) is 0 Å². The molecule has 6 N–H and O–H groups in total. The topological polar surface area (TPSA) is 139 Å². The van der Waals surface area contributed by atoms with E-state index in [9.17, 15) is 25.2 Å². The van der Waals surface area contributed by atoms with Gasteiger partial charge in [0.25, 0.3) is 0 Å². The van der Waals surface area contributed by atoms with Gasteiger partial charge in [0.05, 0.1) is 6.61 Å². The molecule has 9 heteroatoms. The van der Waals surface area contributed by atoms with Crippen LogP contribution in [0.2, 0.25) is 0 Å². The van der Waals surface area contributed by atoms with Crippen LogP contribution in [0.1, 0.15) is 31.1 Å². The van der Waals surface area contributed by atoms with Gasteiger partial charge < -0.3 is 35.6 Å². The predicted octanol–water partition coefficient (Wildman–Crippen LogP) is -0.265. The van der Waals surface area contributed by atoms with Crippen molar-refractivity contribution in [1.82, 2.24) is 5.32 Å². The van der Waals surface area contributed by atoms with Gasteiger partial charge in [0, 0.05) is 17.5 Å². The maximum absolute atomic E-state index is 12.3. The second-order valence-electron chi connectivity index (χ2n) is 6.89. The molecule has 0 spiro atoms. The summed E-state index contributed by atoms with van der Waals surface area (Å²) in [4.78, 5) is 13.4. The molecule has 1 aromatic carbocycles. The Morgan fingerprint density at radius 3 is 2.32 bits per heavy atom. The number of aryl methyl sites for hydroxylation is 1. The van der Waals surface area contributed by atoms with Gasteiger partial charge in [0.15, 0.2) is 6.10 Å². The zero-order chi connectivity index (χ0) is 21.4. The van der Waals surface area contributed by atoms with E-state index in [1.165, 1.54) is 0 Å². The van der Waals surface area contributed by atoms with Gasteiger partial charge in [-0.1, -0.05) is 26.0 Å².